The van der Waals surface area contributed by atoms with Crippen molar-refractivity contribution in [3.63, 3.8) is 0 Å². The Morgan fingerprint density at radius 2 is 1.78 bits per heavy atom. The number of nitrogens with zero attached hydrogens (tertiary/aromatic N) is 3. The molecule has 0 N–H and O–H groups in total. The Morgan fingerprint density at radius 3 is 2.62 bits per heavy atom. The standard InChI is InChI=1S/C26H35N3O3/c1-28-16-12-21(13-17-28)19-25(30)29-15-6-2-3-7-18-31-23-10-4-5-11-24(23)32-26-22(20-29)9-8-14-27-26/h4-5,8-11,14,21H,2-3,6-7,12-13,15-20H2,1H3. The number of rotatable bonds is 2. The molecule has 1 aromatic heterocycles. The van der Waals surface area contributed by atoms with E-state index in [2.05, 4.69) is 16.9 Å². The molecule has 1 aromatic carbocycles. The SMILES string of the molecule is CN1CCC(CC(=O)N2CCCCCCOc3ccccc3Oc3ncccc3C2)CC1. The molecule has 172 valence electrons. The molecule has 6 heteroatoms. The van der Waals surface area contributed by atoms with Gasteiger partial charge in [0.1, 0.15) is 0 Å². The van der Waals surface area contributed by atoms with Gasteiger partial charge in [-0.15, -0.1) is 0 Å². The van der Waals surface area contributed by atoms with E-state index in [1.165, 1.54) is 0 Å². The lowest BCUT2D eigenvalue weighted by molar-refractivity contribution is -0.133. The summed E-state index contributed by atoms with van der Waals surface area (Å²) in [6, 6.07) is 11.6. The van der Waals surface area contributed by atoms with E-state index in [9.17, 15) is 4.79 Å². The topological polar surface area (TPSA) is 54.9 Å². The van der Waals surface area contributed by atoms with Gasteiger partial charge in [0, 0.05) is 24.7 Å². The normalized spacial score (nSPS) is 19.1. The molecule has 1 fully saturated rings. The van der Waals surface area contributed by atoms with E-state index in [-0.39, 0.29) is 5.91 Å². The van der Waals surface area contributed by atoms with Crippen LogP contribution in [0.15, 0.2) is 42.6 Å². The molecule has 2 aromatic rings. The maximum Gasteiger partial charge on any atom is 0.224 e. The predicted molar refractivity (Wildman–Crippen MR) is 125 cm³/mol. The molecular weight excluding hydrogens is 402 g/mol. The van der Waals surface area contributed by atoms with Gasteiger partial charge in [0.25, 0.3) is 0 Å². The minimum Gasteiger partial charge on any atom is -0.490 e. The molecule has 32 heavy (non-hydrogen) atoms. The predicted octanol–water partition coefficient (Wildman–Crippen LogP) is 4.89. The van der Waals surface area contributed by atoms with Crippen LogP contribution >= 0.6 is 0 Å². The van der Waals surface area contributed by atoms with Gasteiger partial charge in [-0.3, -0.25) is 4.79 Å². The summed E-state index contributed by atoms with van der Waals surface area (Å²) in [6.07, 6.45) is 8.77. The minimum absolute atomic E-state index is 0.255. The van der Waals surface area contributed by atoms with Crippen LogP contribution in [0.3, 0.4) is 0 Å². The molecule has 2 aliphatic heterocycles. The Morgan fingerprint density at radius 1 is 1.00 bits per heavy atom. The maximum atomic E-state index is 13.3. The quantitative estimate of drug-likeness (QED) is 0.670. The van der Waals surface area contributed by atoms with Crippen LogP contribution in [0.1, 0.15) is 50.5 Å². The second-order valence-electron chi connectivity index (χ2n) is 9.05. The first kappa shape index (κ1) is 22.6. The van der Waals surface area contributed by atoms with Gasteiger partial charge in [0.2, 0.25) is 11.8 Å². The molecule has 6 nitrogen and oxygen atoms in total. The van der Waals surface area contributed by atoms with Gasteiger partial charge in [0.15, 0.2) is 11.5 Å². The van der Waals surface area contributed by atoms with Crippen LogP contribution < -0.4 is 9.47 Å². The minimum atomic E-state index is 0.255. The lowest BCUT2D eigenvalue weighted by Crippen LogP contribution is -2.36. The fourth-order valence-electron chi connectivity index (χ4n) is 4.47. The summed E-state index contributed by atoms with van der Waals surface area (Å²) in [5, 5.41) is 0. The molecule has 2 aliphatic rings. The Bertz CT molecular complexity index is 880. The third-order valence-electron chi connectivity index (χ3n) is 6.50. The number of carbonyl (C=O) groups is 1. The highest BCUT2D eigenvalue weighted by Crippen LogP contribution is 2.33. The van der Waals surface area contributed by atoms with Crippen molar-refractivity contribution in [2.24, 2.45) is 5.92 Å². The third kappa shape index (κ3) is 6.22. The van der Waals surface area contributed by atoms with Gasteiger partial charge in [-0.25, -0.2) is 4.98 Å². The van der Waals surface area contributed by atoms with Crippen LogP contribution in [-0.4, -0.2) is 54.0 Å². The van der Waals surface area contributed by atoms with Crippen molar-refractivity contribution in [2.45, 2.75) is 51.5 Å². The number of piperidine rings is 1. The fourth-order valence-corrected chi connectivity index (χ4v) is 4.47. The van der Waals surface area contributed by atoms with E-state index in [4.69, 9.17) is 9.47 Å². The molecule has 1 saturated heterocycles. The lowest BCUT2D eigenvalue weighted by Gasteiger charge is -2.31. The van der Waals surface area contributed by atoms with Gasteiger partial charge in [-0.1, -0.05) is 31.0 Å². The van der Waals surface area contributed by atoms with Crippen LogP contribution in [0.5, 0.6) is 17.4 Å². The van der Waals surface area contributed by atoms with Gasteiger partial charge >= 0.3 is 0 Å². The van der Waals surface area contributed by atoms with Gasteiger partial charge in [-0.2, -0.15) is 0 Å². The number of fused-ring (bicyclic) bond motifs is 2. The maximum absolute atomic E-state index is 13.3. The van der Waals surface area contributed by atoms with Crippen LogP contribution in [0.2, 0.25) is 0 Å². The highest BCUT2D eigenvalue weighted by Gasteiger charge is 2.24. The molecule has 0 saturated carbocycles. The van der Waals surface area contributed by atoms with Gasteiger partial charge in [0.05, 0.1) is 13.2 Å². The summed E-state index contributed by atoms with van der Waals surface area (Å²) in [4.78, 5) is 22.2. The summed E-state index contributed by atoms with van der Waals surface area (Å²) in [5.41, 5.74) is 0.927. The van der Waals surface area contributed by atoms with E-state index < -0.39 is 0 Å². The fraction of sp³-hybridized carbons (Fsp3) is 0.538. The molecule has 0 bridgehead atoms. The second kappa shape index (κ2) is 11.3. The number of benzene rings is 1. The average molecular weight is 438 g/mol. The number of hydrogen-bond donors (Lipinski definition) is 0. The Labute approximate surface area is 191 Å². The largest absolute Gasteiger partial charge is 0.490 e. The summed E-state index contributed by atoms with van der Waals surface area (Å²) in [6.45, 7) is 4.13. The number of ether oxygens (including phenoxy) is 2. The molecule has 0 atom stereocenters. The Hall–Kier alpha value is -2.60. The molecule has 3 heterocycles. The number of hydrogen-bond acceptors (Lipinski definition) is 5. The monoisotopic (exact) mass is 437 g/mol. The highest BCUT2D eigenvalue weighted by molar-refractivity contribution is 5.76. The van der Waals surface area contributed by atoms with Crippen molar-refractivity contribution < 1.29 is 14.3 Å². The van der Waals surface area contributed by atoms with Crippen molar-refractivity contribution in [2.75, 3.05) is 33.3 Å². The number of pyridine rings is 1. The van der Waals surface area contributed by atoms with Crippen LogP contribution in [0.4, 0.5) is 0 Å². The van der Waals surface area contributed by atoms with E-state index in [0.29, 0.717) is 37.1 Å². The first-order valence-electron chi connectivity index (χ1n) is 12.0. The van der Waals surface area contributed by atoms with Crippen molar-refractivity contribution in [1.82, 2.24) is 14.8 Å². The Balaban J connectivity index is 1.53. The first-order valence-corrected chi connectivity index (χ1v) is 12.0. The smallest absolute Gasteiger partial charge is 0.224 e. The number of amides is 1. The zero-order chi connectivity index (χ0) is 22.2. The van der Waals surface area contributed by atoms with Crippen LogP contribution in [0.25, 0.3) is 0 Å². The number of para-hydroxylation sites is 2. The van der Waals surface area contributed by atoms with E-state index >= 15 is 0 Å². The van der Waals surface area contributed by atoms with E-state index in [1.807, 2.05) is 41.3 Å². The highest BCUT2D eigenvalue weighted by atomic mass is 16.5. The van der Waals surface area contributed by atoms with Crippen molar-refractivity contribution in [3.05, 3.63) is 48.2 Å². The van der Waals surface area contributed by atoms with Crippen LogP contribution in [-0.2, 0) is 11.3 Å². The number of likely N-dealkylation sites (tertiary alicyclic amines) is 1. The van der Waals surface area contributed by atoms with Crippen molar-refractivity contribution in [3.8, 4) is 17.4 Å². The Kier molecular flexibility index (Phi) is 7.99. The molecule has 0 radical (unpaired) electrons. The molecule has 0 aliphatic carbocycles. The zero-order valence-electron chi connectivity index (χ0n) is 19.2. The second-order valence-corrected chi connectivity index (χ2v) is 9.05. The van der Waals surface area contributed by atoms with Gasteiger partial charge in [-0.05, 0) is 69.9 Å². The summed E-state index contributed by atoms with van der Waals surface area (Å²) in [7, 11) is 2.16. The van der Waals surface area contributed by atoms with Crippen molar-refractivity contribution >= 4 is 5.91 Å². The first-order chi connectivity index (χ1) is 15.7. The number of aromatic nitrogens is 1. The van der Waals surface area contributed by atoms with E-state index in [0.717, 1.165) is 69.5 Å². The summed E-state index contributed by atoms with van der Waals surface area (Å²) < 4.78 is 12.2. The molecule has 4 rings (SSSR count). The summed E-state index contributed by atoms with van der Waals surface area (Å²) in [5.74, 6) is 2.67. The lowest BCUT2D eigenvalue weighted by atomic mass is 9.93. The molecule has 1 amide bonds. The van der Waals surface area contributed by atoms with Gasteiger partial charge < -0.3 is 19.3 Å². The third-order valence-corrected chi connectivity index (χ3v) is 6.50. The molecule has 0 spiro atoms. The molecular formula is C26H35N3O3. The summed E-state index contributed by atoms with van der Waals surface area (Å²) >= 11 is 0. The zero-order valence-corrected chi connectivity index (χ0v) is 19.2. The van der Waals surface area contributed by atoms with Crippen LogP contribution in [0, 0.1) is 5.92 Å². The van der Waals surface area contributed by atoms with Crippen molar-refractivity contribution in [1.29, 1.82) is 0 Å². The number of carbonyl (C=O) groups excluding carboxylic acids is 1. The van der Waals surface area contributed by atoms with E-state index in [1.54, 1.807) is 6.20 Å². The molecule has 0 unspecified atom stereocenters. The average Bonchev–Trinajstić information content (AvgIpc) is 2.81.